The Bertz CT molecular complexity index is 306. The third kappa shape index (κ3) is 10.3. The normalized spacial score (nSPS) is 19.2. The van der Waals surface area contributed by atoms with E-state index in [0.29, 0.717) is 0 Å². The molecular formula is C19H42Cl2N3Ti+3. The molecule has 0 bridgehead atoms. The number of nitrogens with zero attached hydrogens (tertiary/aromatic N) is 3. The number of likely N-dealkylation sites (N-methyl/N-ethyl adjacent to an activating group) is 2. The Morgan fingerprint density at radius 1 is 0.760 bits per heavy atom. The molecule has 6 heteroatoms. The SMILES string of the molecule is CC(C)C(C(C)C)C(C)(C)N1CCN(C)CCN(C)CC1.[CH3-].[Cl][Ti+4][Cl]. The van der Waals surface area contributed by atoms with Crippen molar-refractivity contribution in [3.63, 3.8) is 0 Å². The Morgan fingerprint density at radius 3 is 1.32 bits per heavy atom. The molecule has 0 saturated carbocycles. The molecule has 0 spiro atoms. The molecule has 25 heavy (non-hydrogen) atoms. The fourth-order valence-corrected chi connectivity index (χ4v) is 4.45. The molecule has 3 nitrogen and oxygen atoms in total. The van der Waals surface area contributed by atoms with E-state index in [4.69, 9.17) is 18.6 Å². The van der Waals surface area contributed by atoms with Gasteiger partial charge in [0.2, 0.25) is 0 Å². The Hall–Kier alpha value is 1.17. The second-order valence-corrected chi connectivity index (χ2v) is 10.9. The maximum atomic E-state index is 4.89. The van der Waals surface area contributed by atoms with Gasteiger partial charge >= 0.3 is 35.6 Å². The molecule has 0 radical (unpaired) electrons. The minimum atomic E-state index is -0.556. The summed E-state index contributed by atoms with van der Waals surface area (Å²) in [7, 11) is 14.3. The van der Waals surface area contributed by atoms with Gasteiger partial charge in [-0.15, -0.1) is 0 Å². The Morgan fingerprint density at radius 2 is 1.04 bits per heavy atom. The van der Waals surface area contributed by atoms with Gasteiger partial charge in [-0.2, -0.15) is 0 Å². The van der Waals surface area contributed by atoms with Crippen LogP contribution in [0.3, 0.4) is 0 Å². The van der Waals surface area contributed by atoms with Gasteiger partial charge in [-0.25, -0.2) is 0 Å². The van der Waals surface area contributed by atoms with Crippen molar-refractivity contribution < 1.29 is 17.0 Å². The van der Waals surface area contributed by atoms with Gasteiger partial charge in [0.25, 0.3) is 0 Å². The van der Waals surface area contributed by atoms with Gasteiger partial charge in [-0.05, 0) is 45.7 Å². The van der Waals surface area contributed by atoms with Crippen molar-refractivity contribution in [1.29, 1.82) is 0 Å². The molecule has 0 unspecified atom stereocenters. The Labute approximate surface area is 175 Å². The van der Waals surface area contributed by atoms with Gasteiger partial charge in [0.05, 0.1) is 0 Å². The molecule has 1 rings (SSSR count). The van der Waals surface area contributed by atoms with Crippen LogP contribution in [0.15, 0.2) is 0 Å². The van der Waals surface area contributed by atoms with E-state index >= 15 is 0 Å². The number of rotatable bonds is 4. The molecule has 0 amide bonds. The van der Waals surface area contributed by atoms with Gasteiger partial charge in [0.15, 0.2) is 0 Å². The van der Waals surface area contributed by atoms with E-state index in [9.17, 15) is 0 Å². The van der Waals surface area contributed by atoms with Crippen molar-refractivity contribution in [2.75, 3.05) is 53.4 Å². The van der Waals surface area contributed by atoms with E-state index in [1.54, 1.807) is 0 Å². The van der Waals surface area contributed by atoms with Crippen LogP contribution in [0.1, 0.15) is 41.5 Å². The van der Waals surface area contributed by atoms with Gasteiger partial charge in [-0.3, -0.25) is 4.90 Å². The summed E-state index contributed by atoms with van der Waals surface area (Å²) in [6.07, 6.45) is 0. The molecule has 0 N–H and O–H groups in total. The zero-order valence-electron chi connectivity index (χ0n) is 18.1. The van der Waals surface area contributed by atoms with Gasteiger partial charge in [0.1, 0.15) is 0 Å². The first-order valence-electron chi connectivity index (χ1n) is 9.16. The monoisotopic (exact) mass is 430 g/mol. The second kappa shape index (κ2) is 14.2. The molecule has 1 fully saturated rings. The van der Waals surface area contributed by atoms with Crippen molar-refractivity contribution in [2.24, 2.45) is 17.8 Å². The van der Waals surface area contributed by atoms with E-state index in [2.05, 4.69) is 70.3 Å². The number of halogens is 2. The fraction of sp³-hybridized carbons (Fsp3) is 0.947. The van der Waals surface area contributed by atoms with Crippen molar-refractivity contribution >= 4 is 18.6 Å². The first kappa shape index (κ1) is 28.4. The number of hydrogen-bond acceptors (Lipinski definition) is 3. The van der Waals surface area contributed by atoms with Gasteiger partial charge in [0, 0.05) is 44.8 Å². The molecule has 0 atom stereocenters. The van der Waals surface area contributed by atoms with Crippen LogP contribution >= 0.6 is 18.6 Å². The number of hydrogen-bond donors (Lipinski definition) is 0. The van der Waals surface area contributed by atoms with Gasteiger partial charge in [-0.1, -0.05) is 27.7 Å². The molecule has 0 aliphatic carbocycles. The molecule has 1 saturated heterocycles. The Kier molecular flexibility index (Phi) is 16.1. The molecule has 1 aliphatic rings. The Balaban J connectivity index is 0. The van der Waals surface area contributed by atoms with Crippen LogP contribution < -0.4 is 0 Å². The molecule has 148 valence electrons. The summed E-state index contributed by atoms with van der Waals surface area (Å²) in [5, 5.41) is 0. The summed E-state index contributed by atoms with van der Waals surface area (Å²) in [6, 6.07) is 0. The van der Waals surface area contributed by atoms with E-state index < -0.39 is 17.0 Å². The molecule has 0 aromatic rings. The van der Waals surface area contributed by atoms with Crippen molar-refractivity contribution in [3.8, 4) is 0 Å². The summed E-state index contributed by atoms with van der Waals surface area (Å²) < 4.78 is 0. The summed E-state index contributed by atoms with van der Waals surface area (Å²) in [6.45, 7) is 21.6. The van der Waals surface area contributed by atoms with Crippen molar-refractivity contribution in [2.45, 2.75) is 47.1 Å². The van der Waals surface area contributed by atoms with Crippen LogP contribution in [0.4, 0.5) is 0 Å². The van der Waals surface area contributed by atoms with Gasteiger partial charge < -0.3 is 17.2 Å². The van der Waals surface area contributed by atoms with Crippen LogP contribution in [0.2, 0.25) is 0 Å². The van der Waals surface area contributed by atoms with E-state index in [1.165, 1.54) is 39.3 Å². The van der Waals surface area contributed by atoms with E-state index in [0.717, 1.165) is 17.8 Å². The fourth-order valence-electron chi connectivity index (χ4n) is 4.45. The standard InChI is InChI=1S/C18H39N3.CH3.2ClH.Ti/c1-15(2)17(16(3)4)18(5,6)21-13-11-19(7)9-10-20(8)12-14-21;;;;/h15-17H,9-14H2,1-8H3;1H3;2*1H;/q;-1;;;+6/p-2. The van der Waals surface area contributed by atoms with E-state index in [-0.39, 0.29) is 13.0 Å². The van der Waals surface area contributed by atoms with Crippen LogP contribution in [-0.4, -0.2) is 73.6 Å². The zero-order chi connectivity index (χ0) is 18.9. The first-order chi connectivity index (χ1) is 11.1. The summed E-state index contributed by atoms with van der Waals surface area (Å²) in [5.41, 5.74) is 0.258. The second-order valence-electron chi connectivity index (χ2n) is 8.33. The maximum absolute atomic E-state index is 4.89. The molecule has 0 aromatic carbocycles. The van der Waals surface area contributed by atoms with E-state index in [1.807, 2.05) is 0 Å². The molecule has 0 aromatic heterocycles. The third-order valence-electron chi connectivity index (χ3n) is 5.43. The molecule has 1 heterocycles. The quantitative estimate of drug-likeness (QED) is 0.472. The first-order valence-corrected chi connectivity index (χ1v) is 13.5. The summed E-state index contributed by atoms with van der Waals surface area (Å²) >= 11 is -0.556. The topological polar surface area (TPSA) is 9.72 Å². The minimum absolute atomic E-state index is 0. The average molecular weight is 431 g/mol. The molecular weight excluding hydrogens is 389 g/mol. The van der Waals surface area contributed by atoms with Crippen LogP contribution in [0.5, 0.6) is 0 Å². The zero-order valence-corrected chi connectivity index (χ0v) is 21.1. The summed E-state index contributed by atoms with van der Waals surface area (Å²) in [4.78, 5) is 7.70. The van der Waals surface area contributed by atoms with Crippen molar-refractivity contribution in [1.82, 2.24) is 14.7 Å². The average Bonchev–Trinajstić information content (AvgIpc) is 2.51. The predicted molar refractivity (Wildman–Crippen MR) is 112 cm³/mol. The third-order valence-corrected chi connectivity index (χ3v) is 5.43. The predicted octanol–water partition coefficient (Wildman–Crippen LogP) is 4.70. The van der Waals surface area contributed by atoms with Crippen molar-refractivity contribution in [3.05, 3.63) is 7.43 Å². The van der Waals surface area contributed by atoms with Crippen LogP contribution in [-0.2, 0) is 17.0 Å². The van der Waals surface area contributed by atoms with Crippen LogP contribution in [0, 0.1) is 25.2 Å². The van der Waals surface area contributed by atoms with Crippen LogP contribution in [0.25, 0.3) is 0 Å². The molecule has 1 aliphatic heterocycles. The summed E-state index contributed by atoms with van der Waals surface area (Å²) in [5.74, 6) is 2.18.